The molecule has 0 aliphatic heterocycles. The Balaban J connectivity index is 2.77. The van der Waals surface area contributed by atoms with Crippen LogP contribution < -0.4 is 0 Å². The third-order valence-electron chi connectivity index (χ3n) is 2.41. The lowest BCUT2D eigenvalue weighted by atomic mass is 10.0. The third kappa shape index (κ3) is 4.88. The van der Waals surface area contributed by atoms with Gasteiger partial charge < -0.3 is 4.74 Å². The number of ether oxygens (including phenoxy) is 1. The summed E-state index contributed by atoms with van der Waals surface area (Å²) in [4.78, 5) is 11.1. The number of benzene rings is 1. The van der Waals surface area contributed by atoms with Gasteiger partial charge in [-0.1, -0.05) is 47.1 Å². The average Bonchev–Trinajstić information content (AvgIpc) is 2.36. The maximum Gasteiger partial charge on any atom is 0.330 e. The molecule has 18 heavy (non-hydrogen) atoms. The van der Waals surface area contributed by atoms with Crippen LogP contribution in [0.2, 0.25) is 0 Å². The second-order valence-corrected chi connectivity index (χ2v) is 4.58. The van der Waals surface area contributed by atoms with E-state index in [0.29, 0.717) is 6.61 Å². The fourth-order valence-electron chi connectivity index (χ4n) is 1.52. The lowest BCUT2D eigenvalue weighted by Crippen LogP contribution is -1.98. The van der Waals surface area contributed by atoms with Gasteiger partial charge in [-0.25, -0.2) is 4.79 Å². The van der Waals surface area contributed by atoms with Crippen molar-refractivity contribution in [1.29, 1.82) is 0 Å². The highest BCUT2D eigenvalue weighted by Crippen LogP contribution is 2.20. The molecule has 0 amide bonds. The zero-order valence-corrected chi connectivity index (χ0v) is 12.2. The molecule has 1 aromatic rings. The minimum absolute atomic E-state index is 0.306. The van der Waals surface area contributed by atoms with Crippen LogP contribution in [0.15, 0.2) is 47.0 Å². The van der Waals surface area contributed by atoms with Crippen LogP contribution in [0.25, 0.3) is 5.57 Å². The Kier molecular flexibility index (Phi) is 6.44. The Hall–Kier alpha value is -1.35. The first-order valence-corrected chi connectivity index (χ1v) is 6.76. The molecule has 2 nitrogen and oxygen atoms in total. The third-order valence-corrected chi connectivity index (χ3v) is 2.94. The number of esters is 1. The molecule has 0 aliphatic rings. The van der Waals surface area contributed by atoms with Gasteiger partial charge in [-0.15, -0.1) is 0 Å². The van der Waals surface area contributed by atoms with Crippen LogP contribution >= 0.6 is 15.9 Å². The number of allylic oxidation sites excluding steroid dienone is 3. The molecule has 0 saturated heterocycles. The Labute approximate surface area is 116 Å². The van der Waals surface area contributed by atoms with Gasteiger partial charge in [-0.05, 0) is 36.6 Å². The number of carbonyl (C=O) groups is 1. The summed E-state index contributed by atoms with van der Waals surface area (Å²) in [5.74, 6) is -0.306. The molecule has 0 N–H and O–H groups in total. The Morgan fingerprint density at radius 1 is 1.28 bits per heavy atom. The highest BCUT2D eigenvalue weighted by molar-refractivity contribution is 9.10. The van der Waals surface area contributed by atoms with Crippen LogP contribution in [0.5, 0.6) is 0 Å². The van der Waals surface area contributed by atoms with E-state index in [2.05, 4.69) is 35.0 Å². The van der Waals surface area contributed by atoms with E-state index in [0.717, 1.165) is 16.5 Å². The maximum absolute atomic E-state index is 11.1. The average molecular weight is 309 g/mol. The number of rotatable bonds is 5. The normalized spacial score (nSPS) is 11.8. The van der Waals surface area contributed by atoms with E-state index in [1.54, 1.807) is 13.0 Å². The fraction of sp³-hybridized carbons (Fsp3) is 0.267. The molecule has 3 heteroatoms. The SMILES string of the molecule is CCOC(=O)C=CC=C(CC)c1ccc(Br)cc1. The van der Waals surface area contributed by atoms with Gasteiger partial charge in [0, 0.05) is 10.5 Å². The van der Waals surface area contributed by atoms with Crippen LogP contribution in [0.3, 0.4) is 0 Å². The van der Waals surface area contributed by atoms with Gasteiger partial charge in [0.1, 0.15) is 0 Å². The second-order valence-electron chi connectivity index (χ2n) is 3.66. The van der Waals surface area contributed by atoms with Crippen molar-refractivity contribution in [3.63, 3.8) is 0 Å². The number of hydrogen-bond acceptors (Lipinski definition) is 2. The van der Waals surface area contributed by atoms with Crippen molar-refractivity contribution in [3.8, 4) is 0 Å². The maximum atomic E-state index is 11.1. The van der Waals surface area contributed by atoms with Crippen LogP contribution in [-0.2, 0) is 9.53 Å². The number of carbonyl (C=O) groups excluding carboxylic acids is 1. The largest absolute Gasteiger partial charge is 0.463 e. The van der Waals surface area contributed by atoms with Crippen LogP contribution in [-0.4, -0.2) is 12.6 Å². The van der Waals surface area contributed by atoms with E-state index >= 15 is 0 Å². The first-order valence-electron chi connectivity index (χ1n) is 5.97. The Morgan fingerprint density at radius 3 is 2.50 bits per heavy atom. The summed E-state index contributed by atoms with van der Waals surface area (Å²) in [7, 11) is 0. The monoisotopic (exact) mass is 308 g/mol. The molecule has 1 aromatic carbocycles. The summed E-state index contributed by atoms with van der Waals surface area (Å²) in [6.07, 6.45) is 6.03. The lowest BCUT2D eigenvalue weighted by Gasteiger charge is -2.03. The van der Waals surface area contributed by atoms with Gasteiger partial charge in [-0.3, -0.25) is 0 Å². The first-order chi connectivity index (χ1) is 8.67. The zero-order chi connectivity index (χ0) is 13.4. The molecular formula is C15H17BrO2. The summed E-state index contributed by atoms with van der Waals surface area (Å²) in [6, 6.07) is 8.12. The molecule has 0 saturated carbocycles. The van der Waals surface area contributed by atoms with Gasteiger partial charge in [0.05, 0.1) is 6.61 Å². The van der Waals surface area contributed by atoms with Gasteiger partial charge in [0.15, 0.2) is 0 Å². The number of halogens is 1. The quantitative estimate of drug-likeness (QED) is 0.459. The molecule has 0 bridgehead atoms. The lowest BCUT2D eigenvalue weighted by molar-refractivity contribution is -0.137. The highest BCUT2D eigenvalue weighted by Gasteiger charge is 1.98. The van der Waals surface area contributed by atoms with Crippen molar-refractivity contribution in [3.05, 3.63) is 52.5 Å². The van der Waals surface area contributed by atoms with Crippen molar-refractivity contribution in [2.45, 2.75) is 20.3 Å². The molecule has 0 aliphatic carbocycles. The zero-order valence-electron chi connectivity index (χ0n) is 10.7. The highest BCUT2D eigenvalue weighted by atomic mass is 79.9. The van der Waals surface area contributed by atoms with Gasteiger partial charge in [-0.2, -0.15) is 0 Å². The summed E-state index contributed by atoms with van der Waals surface area (Å²) in [6.45, 7) is 4.28. The molecule has 0 aromatic heterocycles. The Bertz CT molecular complexity index is 444. The van der Waals surface area contributed by atoms with E-state index < -0.39 is 0 Å². The summed E-state index contributed by atoms with van der Waals surface area (Å²) in [5, 5.41) is 0. The molecule has 0 radical (unpaired) electrons. The summed E-state index contributed by atoms with van der Waals surface area (Å²) >= 11 is 3.41. The van der Waals surface area contributed by atoms with Gasteiger partial charge in [0.2, 0.25) is 0 Å². The second kappa shape index (κ2) is 7.88. The van der Waals surface area contributed by atoms with Crippen LogP contribution in [0.1, 0.15) is 25.8 Å². The fourth-order valence-corrected chi connectivity index (χ4v) is 1.78. The van der Waals surface area contributed by atoms with Gasteiger partial charge >= 0.3 is 5.97 Å². The van der Waals surface area contributed by atoms with Crippen molar-refractivity contribution in [2.75, 3.05) is 6.61 Å². The van der Waals surface area contributed by atoms with Gasteiger partial charge in [0.25, 0.3) is 0 Å². The predicted octanol–water partition coefficient (Wildman–Crippen LogP) is 4.36. The first kappa shape index (κ1) is 14.7. The predicted molar refractivity (Wildman–Crippen MR) is 78.2 cm³/mol. The summed E-state index contributed by atoms with van der Waals surface area (Å²) in [5.41, 5.74) is 2.34. The van der Waals surface area contributed by atoms with Crippen molar-refractivity contribution in [2.24, 2.45) is 0 Å². The molecule has 0 heterocycles. The molecular weight excluding hydrogens is 292 g/mol. The van der Waals surface area contributed by atoms with E-state index in [1.807, 2.05) is 18.2 Å². The van der Waals surface area contributed by atoms with E-state index in [4.69, 9.17) is 4.74 Å². The van der Waals surface area contributed by atoms with Crippen LogP contribution in [0.4, 0.5) is 0 Å². The van der Waals surface area contributed by atoms with Crippen molar-refractivity contribution >= 4 is 27.5 Å². The minimum Gasteiger partial charge on any atom is -0.463 e. The molecule has 0 atom stereocenters. The van der Waals surface area contributed by atoms with E-state index in [-0.39, 0.29) is 5.97 Å². The van der Waals surface area contributed by atoms with Crippen molar-refractivity contribution in [1.82, 2.24) is 0 Å². The summed E-state index contributed by atoms with van der Waals surface area (Å²) < 4.78 is 5.88. The molecule has 1 rings (SSSR count). The molecule has 96 valence electrons. The van der Waals surface area contributed by atoms with E-state index in [1.165, 1.54) is 11.6 Å². The number of hydrogen-bond donors (Lipinski definition) is 0. The van der Waals surface area contributed by atoms with Crippen LogP contribution in [0, 0.1) is 0 Å². The molecule has 0 unspecified atom stereocenters. The molecule has 0 fully saturated rings. The standard InChI is InChI=1S/C15H17BrO2/c1-3-12(6-5-7-15(17)18-4-2)13-8-10-14(16)11-9-13/h5-11H,3-4H2,1-2H3. The van der Waals surface area contributed by atoms with E-state index in [9.17, 15) is 4.79 Å². The topological polar surface area (TPSA) is 26.3 Å². The Morgan fingerprint density at radius 2 is 1.94 bits per heavy atom. The minimum atomic E-state index is -0.306. The molecule has 0 spiro atoms. The smallest absolute Gasteiger partial charge is 0.330 e. The van der Waals surface area contributed by atoms with Crippen molar-refractivity contribution < 1.29 is 9.53 Å².